The van der Waals surface area contributed by atoms with Gasteiger partial charge in [0.1, 0.15) is 0 Å². The van der Waals surface area contributed by atoms with E-state index in [4.69, 9.17) is 0 Å². The summed E-state index contributed by atoms with van der Waals surface area (Å²) in [6, 6.07) is 6.22. The second-order valence-corrected chi connectivity index (χ2v) is 5.44. The molecule has 1 aromatic carbocycles. The summed E-state index contributed by atoms with van der Waals surface area (Å²) in [5, 5.41) is 3.36. The molecule has 0 bridgehead atoms. The van der Waals surface area contributed by atoms with Gasteiger partial charge >= 0.3 is 6.18 Å². The van der Waals surface area contributed by atoms with E-state index in [0.29, 0.717) is 6.42 Å². The molecular weight excluding hydrogens is 263 g/mol. The number of rotatable bonds is 7. The molecule has 0 radical (unpaired) electrons. The van der Waals surface area contributed by atoms with Gasteiger partial charge in [0, 0.05) is 12.5 Å². The van der Waals surface area contributed by atoms with Crippen LogP contribution in [-0.2, 0) is 0 Å². The summed E-state index contributed by atoms with van der Waals surface area (Å²) >= 11 is 0. The molecule has 1 unspecified atom stereocenters. The lowest BCUT2D eigenvalue weighted by Gasteiger charge is -2.20. The van der Waals surface area contributed by atoms with E-state index in [-0.39, 0.29) is 12.5 Å². The van der Waals surface area contributed by atoms with Crippen LogP contribution in [0.5, 0.6) is 0 Å². The first-order valence-electron chi connectivity index (χ1n) is 7.20. The fraction of sp³-hybridized carbons (Fsp3) is 0.625. The van der Waals surface area contributed by atoms with Crippen molar-refractivity contribution < 1.29 is 13.2 Å². The van der Waals surface area contributed by atoms with Gasteiger partial charge in [0.2, 0.25) is 0 Å². The molecule has 1 rings (SSSR count). The smallest absolute Gasteiger partial charge is 0.310 e. The third-order valence-corrected chi connectivity index (χ3v) is 3.24. The second-order valence-electron chi connectivity index (χ2n) is 5.44. The summed E-state index contributed by atoms with van der Waals surface area (Å²) in [7, 11) is 0. The second kappa shape index (κ2) is 7.67. The molecule has 1 nitrogen and oxygen atoms in total. The number of hydrogen-bond donors (Lipinski definition) is 1. The zero-order valence-electron chi connectivity index (χ0n) is 12.5. The maximum absolute atomic E-state index is 12.3. The minimum atomic E-state index is -4.06. The van der Waals surface area contributed by atoms with Gasteiger partial charge in [-0.05, 0) is 45.2 Å². The van der Waals surface area contributed by atoms with Crippen molar-refractivity contribution in [2.24, 2.45) is 0 Å². The van der Waals surface area contributed by atoms with Crippen LogP contribution < -0.4 is 5.32 Å². The van der Waals surface area contributed by atoms with Crippen molar-refractivity contribution in [3.8, 4) is 0 Å². The molecule has 0 aliphatic heterocycles. The molecule has 20 heavy (non-hydrogen) atoms. The zero-order chi connectivity index (χ0) is 15.2. The Morgan fingerprint density at radius 2 is 1.70 bits per heavy atom. The molecule has 0 fully saturated rings. The fourth-order valence-electron chi connectivity index (χ4n) is 2.42. The summed E-state index contributed by atoms with van der Waals surface area (Å²) in [5.74, 6) is 0. The average Bonchev–Trinajstić information content (AvgIpc) is 2.30. The Kier molecular flexibility index (Phi) is 6.53. The van der Waals surface area contributed by atoms with E-state index in [1.54, 1.807) is 0 Å². The van der Waals surface area contributed by atoms with Crippen LogP contribution in [0.4, 0.5) is 13.2 Å². The predicted molar refractivity (Wildman–Crippen MR) is 76.9 cm³/mol. The molecule has 0 saturated heterocycles. The Morgan fingerprint density at radius 1 is 1.10 bits per heavy atom. The predicted octanol–water partition coefficient (Wildman–Crippen LogP) is 5.08. The largest absolute Gasteiger partial charge is 0.389 e. The van der Waals surface area contributed by atoms with Crippen molar-refractivity contribution in [1.82, 2.24) is 5.32 Å². The van der Waals surface area contributed by atoms with Gasteiger partial charge in [0.15, 0.2) is 0 Å². The summed E-state index contributed by atoms with van der Waals surface area (Å²) < 4.78 is 36.8. The number of alkyl halides is 3. The van der Waals surface area contributed by atoms with Crippen LogP contribution in [0.15, 0.2) is 18.2 Å². The molecule has 114 valence electrons. The van der Waals surface area contributed by atoms with E-state index in [0.717, 1.165) is 29.7 Å². The average molecular weight is 287 g/mol. The molecular formula is C16H24F3N. The molecule has 0 aromatic heterocycles. The summed E-state index contributed by atoms with van der Waals surface area (Å²) in [6.45, 7) is 6.91. The SMILES string of the molecule is CCCNC(CCCC(F)(F)F)c1cc(C)cc(C)c1. The lowest BCUT2D eigenvalue weighted by atomic mass is 9.97. The zero-order valence-corrected chi connectivity index (χ0v) is 12.5. The maximum atomic E-state index is 12.3. The first-order valence-corrected chi connectivity index (χ1v) is 7.20. The Bertz CT molecular complexity index is 392. The van der Waals surface area contributed by atoms with Gasteiger partial charge in [-0.15, -0.1) is 0 Å². The van der Waals surface area contributed by atoms with Crippen LogP contribution in [0.3, 0.4) is 0 Å². The quantitative estimate of drug-likeness (QED) is 0.737. The maximum Gasteiger partial charge on any atom is 0.389 e. The van der Waals surface area contributed by atoms with Crippen LogP contribution in [0.2, 0.25) is 0 Å². The monoisotopic (exact) mass is 287 g/mol. The number of aryl methyl sites for hydroxylation is 2. The molecule has 1 atom stereocenters. The third kappa shape index (κ3) is 6.42. The summed E-state index contributed by atoms with van der Waals surface area (Å²) in [4.78, 5) is 0. The molecule has 0 spiro atoms. The molecule has 0 saturated carbocycles. The van der Waals surface area contributed by atoms with E-state index in [1.165, 1.54) is 0 Å². The van der Waals surface area contributed by atoms with Gasteiger partial charge in [-0.25, -0.2) is 0 Å². The number of hydrogen-bond acceptors (Lipinski definition) is 1. The molecule has 0 aliphatic rings. The lowest BCUT2D eigenvalue weighted by molar-refractivity contribution is -0.135. The molecule has 0 aliphatic carbocycles. The van der Waals surface area contributed by atoms with Crippen molar-refractivity contribution in [3.63, 3.8) is 0 Å². The van der Waals surface area contributed by atoms with Crippen LogP contribution in [0, 0.1) is 13.8 Å². The number of nitrogens with one attached hydrogen (secondary N) is 1. The Labute approximate surface area is 119 Å². The van der Waals surface area contributed by atoms with Crippen molar-refractivity contribution in [3.05, 3.63) is 34.9 Å². The number of benzene rings is 1. The van der Waals surface area contributed by atoms with Crippen LogP contribution in [0.25, 0.3) is 0 Å². The minimum absolute atomic E-state index is 0.0101. The minimum Gasteiger partial charge on any atom is -0.310 e. The number of halogens is 3. The Hall–Kier alpha value is -1.03. The topological polar surface area (TPSA) is 12.0 Å². The summed E-state index contributed by atoms with van der Waals surface area (Å²) in [6.07, 6.45) is -3.11. The van der Waals surface area contributed by atoms with Crippen molar-refractivity contribution in [2.75, 3.05) is 6.54 Å². The van der Waals surface area contributed by atoms with Gasteiger partial charge in [0.25, 0.3) is 0 Å². The van der Waals surface area contributed by atoms with E-state index >= 15 is 0 Å². The Morgan fingerprint density at radius 3 is 2.20 bits per heavy atom. The normalized spacial score (nSPS) is 13.5. The highest BCUT2D eigenvalue weighted by Crippen LogP contribution is 2.27. The van der Waals surface area contributed by atoms with Crippen molar-refractivity contribution in [1.29, 1.82) is 0 Å². The van der Waals surface area contributed by atoms with E-state index in [9.17, 15) is 13.2 Å². The lowest BCUT2D eigenvalue weighted by Crippen LogP contribution is -2.23. The van der Waals surface area contributed by atoms with Crippen LogP contribution in [-0.4, -0.2) is 12.7 Å². The van der Waals surface area contributed by atoms with Crippen molar-refractivity contribution in [2.45, 2.75) is 58.7 Å². The molecule has 0 heterocycles. The molecule has 1 aromatic rings. The highest BCUT2D eigenvalue weighted by molar-refractivity contribution is 5.30. The highest BCUT2D eigenvalue weighted by Gasteiger charge is 2.26. The van der Waals surface area contributed by atoms with E-state index in [2.05, 4.69) is 30.4 Å². The van der Waals surface area contributed by atoms with Gasteiger partial charge in [0.05, 0.1) is 0 Å². The summed E-state index contributed by atoms with van der Waals surface area (Å²) in [5.41, 5.74) is 3.40. The highest BCUT2D eigenvalue weighted by atomic mass is 19.4. The van der Waals surface area contributed by atoms with E-state index in [1.807, 2.05) is 13.8 Å². The van der Waals surface area contributed by atoms with E-state index < -0.39 is 12.6 Å². The van der Waals surface area contributed by atoms with Gasteiger partial charge < -0.3 is 5.32 Å². The Balaban J connectivity index is 2.72. The fourth-order valence-corrected chi connectivity index (χ4v) is 2.42. The first kappa shape index (κ1) is 17.0. The standard InChI is InChI=1S/C16H24F3N/c1-4-8-20-15(6-5-7-16(17,18)19)14-10-12(2)9-13(3)11-14/h9-11,15,20H,4-8H2,1-3H3. The first-order chi connectivity index (χ1) is 9.31. The van der Waals surface area contributed by atoms with Gasteiger partial charge in [-0.3, -0.25) is 0 Å². The molecule has 4 heteroatoms. The van der Waals surface area contributed by atoms with Gasteiger partial charge in [-0.2, -0.15) is 13.2 Å². The van der Waals surface area contributed by atoms with Gasteiger partial charge in [-0.1, -0.05) is 36.2 Å². The van der Waals surface area contributed by atoms with Crippen LogP contribution in [0.1, 0.15) is 55.3 Å². The third-order valence-electron chi connectivity index (χ3n) is 3.24. The van der Waals surface area contributed by atoms with Crippen molar-refractivity contribution >= 4 is 0 Å². The molecule has 1 N–H and O–H groups in total. The van der Waals surface area contributed by atoms with Crippen LogP contribution >= 0.6 is 0 Å². The molecule has 0 amide bonds.